The van der Waals surface area contributed by atoms with Crippen molar-refractivity contribution in [1.29, 1.82) is 0 Å². The fourth-order valence-electron chi connectivity index (χ4n) is 1.75. The van der Waals surface area contributed by atoms with Crippen LogP contribution in [-0.4, -0.2) is 14.2 Å². The molecule has 0 aliphatic rings. The Hall–Kier alpha value is -1.96. The Morgan fingerprint density at radius 1 is 0.700 bits per heavy atom. The van der Waals surface area contributed by atoms with Gasteiger partial charge < -0.3 is 9.47 Å². The molecule has 108 valence electrons. The molecule has 2 nitrogen and oxygen atoms in total. The van der Waals surface area contributed by atoms with Crippen molar-refractivity contribution in [2.45, 2.75) is 26.7 Å². The van der Waals surface area contributed by atoms with Crippen LogP contribution in [0.3, 0.4) is 0 Å². The van der Waals surface area contributed by atoms with Gasteiger partial charge in [0.1, 0.15) is 11.5 Å². The number of benzene rings is 2. The number of ether oxygens (including phenoxy) is 2. The zero-order chi connectivity index (χ0) is 14.8. The largest absolute Gasteiger partial charge is 0.497 e. The minimum Gasteiger partial charge on any atom is -0.497 e. The van der Waals surface area contributed by atoms with Crippen LogP contribution in [0.1, 0.15) is 25.0 Å². The number of hydrogen-bond acceptors (Lipinski definition) is 2. The lowest BCUT2D eigenvalue weighted by Gasteiger charge is -2.00. The molecule has 2 aromatic rings. The molecular formula is C18H24O2. The van der Waals surface area contributed by atoms with Crippen molar-refractivity contribution in [1.82, 2.24) is 0 Å². The molecule has 0 amide bonds. The fourth-order valence-corrected chi connectivity index (χ4v) is 1.75. The van der Waals surface area contributed by atoms with Gasteiger partial charge in [-0.1, -0.05) is 38.1 Å². The summed E-state index contributed by atoms with van der Waals surface area (Å²) in [4.78, 5) is 0. The van der Waals surface area contributed by atoms with E-state index in [-0.39, 0.29) is 0 Å². The second-order valence-electron chi connectivity index (χ2n) is 4.41. The number of rotatable bonds is 4. The first-order valence-electron chi connectivity index (χ1n) is 6.99. The molecule has 0 atom stereocenters. The molecule has 0 saturated heterocycles. The minimum absolute atomic E-state index is 0.928. The van der Waals surface area contributed by atoms with Gasteiger partial charge in [-0.3, -0.25) is 0 Å². The van der Waals surface area contributed by atoms with Crippen LogP contribution in [0.5, 0.6) is 11.5 Å². The normalized spacial score (nSPS) is 9.40. The quantitative estimate of drug-likeness (QED) is 0.815. The summed E-state index contributed by atoms with van der Waals surface area (Å²) in [5, 5.41) is 0. The summed E-state index contributed by atoms with van der Waals surface area (Å²) < 4.78 is 10.1. The Labute approximate surface area is 122 Å². The van der Waals surface area contributed by atoms with Crippen molar-refractivity contribution >= 4 is 0 Å². The van der Waals surface area contributed by atoms with E-state index in [0.29, 0.717) is 0 Å². The smallest absolute Gasteiger partial charge is 0.119 e. The van der Waals surface area contributed by atoms with Crippen LogP contribution >= 0.6 is 0 Å². The third-order valence-corrected chi connectivity index (χ3v) is 3.11. The molecule has 2 aromatic carbocycles. The van der Waals surface area contributed by atoms with E-state index in [1.165, 1.54) is 11.1 Å². The maximum absolute atomic E-state index is 5.06. The fraction of sp³-hybridized carbons (Fsp3) is 0.333. The maximum Gasteiger partial charge on any atom is 0.119 e. The number of aryl methyl sites for hydroxylation is 2. The van der Waals surface area contributed by atoms with E-state index in [4.69, 9.17) is 9.47 Å². The van der Waals surface area contributed by atoms with Crippen molar-refractivity contribution in [2.75, 3.05) is 14.2 Å². The molecule has 0 aromatic heterocycles. The Bertz CT molecular complexity index is 447. The van der Waals surface area contributed by atoms with Gasteiger partial charge >= 0.3 is 0 Å². The van der Waals surface area contributed by atoms with Crippen LogP contribution in [0.2, 0.25) is 0 Å². The lowest BCUT2D eigenvalue weighted by atomic mass is 10.2. The Morgan fingerprint density at radius 3 is 1.80 bits per heavy atom. The summed E-state index contributed by atoms with van der Waals surface area (Å²) in [6.07, 6.45) is 2.15. The van der Waals surface area contributed by atoms with Gasteiger partial charge in [-0.2, -0.15) is 0 Å². The molecular weight excluding hydrogens is 248 g/mol. The van der Waals surface area contributed by atoms with E-state index in [2.05, 4.69) is 38.1 Å². The molecule has 0 saturated carbocycles. The summed E-state index contributed by atoms with van der Waals surface area (Å²) in [5.41, 5.74) is 2.67. The molecule has 2 heteroatoms. The van der Waals surface area contributed by atoms with E-state index in [1.807, 2.05) is 24.3 Å². The highest BCUT2D eigenvalue weighted by Gasteiger charge is 1.90. The van der Waals surface area contributed by atoms with E-state index >= 15 is 0 Å². The second kappa shape index (κ2) is 9.03. The topological polar surface area (TPSA) is 18.5 Å². The van der Waals surface area contributed by atoms with E-state index in [0.717, 1.165) is 24.3 Å². The van der Waals surface area contributed by atoms with Gasteiger partial charge in [0, 0.05) is 0 Å². The first-order chi connectivity index (χ1) is 9.73. The van der Waals surface area contributed by atoms with Crippen molar-refractivity contribution in [3.63, 3.8) is 0 Å². The monoisotopic (exact) mass is 272 g/mol. The zero-order valence-corrected chi connectivity index (χ0v) is 12.8. The van der Waals surface area contributed by atoms with Crippen molar-refractivity contribution in [3.05, 3.63) is 59.7 Å². The van der Waals surface area contributed by atoms with Crippen molar-refractivity contribution < 1.29 is 9.47 Å². The molecule has 0 aliphatic carbocycles. The van der Waals surface area contributed by atoms with E-state index in [9.17, 15) is 0 Å². The maximum atomic E-state index is 5.06. The molecule has 2 rings (SSSR count). The molecule has 0 heterocycles. The summed E-state index contributed by atoms with van der Waals surface area (Å²) in [6, 6.07) is 16.3. The van der Waals surface area contributed by atoms with Crippen molar-refractivity contribution in [2.24, 2.45) is 0 Å². The van der Waals surface area contributed by atoms with Gasteiger partial charge in [-0.25, -0.2) is 0 Å². The zero-order valence-electron chi connectivity index (χ0n) is 12.8. The molecule has 0 bridgehead atoms. The highest BCUT2D eigenvalue weighted by atomic mass is 16.5. The third kappa shape index (κ3) is 5.35. The predicted molar refractivity (Wildman–Crippen MR) is 84.7 cm³/mol. The highest BCUT2D eigenvalue weighted by molar-refractivity contribution is 5.28. The first-order valence-corrected chi connectivity index (χ1v) is 6.99. The third-order valence-electron chi connectivity index (χ3n) is 3.11. The Morgan fingerprint density at radius 2 is 1.30 bits per heavy atom. The molecule has 20 heavy (non-hydrogen) atoms. The molecule has 0 radical (unpaired) electrons. The molecule has 0 aliphatic heterocycles. The van der Waals surface area contributed by atoms with E-state index < -0.39 is 0 Å². The molecule has 0 spiro atoms. The Balaban J connectivity index is 0.000000200. The second-order valence-corrected chi connectivity index (χ2v) is 4.41. The van der Waals surface area contributed by atoms with Crippen LogP contribution in [-0.2, 0) is 12.8 Å². The minimum atomic E-state index is 0.928. The van der Waals surface area contributed by atoms with Gasteiger partial charge in [-0.15, -0.1) is 0 Å². The van der Waals surface area contributed by atoms with Gasteiger partial charge in [0.15, 0.2) is 0 Å². The lowest BCUT2D eigenvalue weighted by Crippen LogP contribution is -1.84. The first kappa shape index (κ1) is 16.1. The van der Waals surface area contributed by atoms with Crippen LogP contribution in [0, 0.1) is 0 Å². The van der Waals surface area contributed by atoms with Crippen LogP contribution < -0.4 is 9.47 Å². The molecule has 0 unspecified atom stereocenters. The number of methoxy groups -OCH3 is 2. The van der Waals surface area contributed by atoms with Gasteiger partial charge in [0.05, 0.1) is 14.2 Å². The standard InChI is InChI=1S/2C9H12O/c1-3-8-4-6-9(10-2)7-5-8;1-3-8-5-4-6-9(7-8)10-2/h2*4-7H,3H2,1-2H3. The van der Waals surface area contributed by atoms with Crippen LogP contribution in [0.4, 0.5) is 0 Å². The van der Waals surface area contributed by atoms with Crippen molar-refractivity contribution in [3.8, 4) is 11.5 Å². The van der Waals surface area contributed by atoms with Gasteiger partial charge in [-0.05, 0) is 48.2 Å². The highest BCUT2D eigenvalue weighted by Crippen LogP contribution is 2.12. The van der Waals surface area contributed by atoms with Crippen LogP contribution in [0.25, 0.3) is 0 Å². The average molecular weight is 272 g/mol. The Kier molecular flexibility index (Phi) is 7.26. The lowest BCUT2D eigenvalue weighted by molar-refractivity contribution is 0.414. The predicted octanol–water partition coefficient (Wildman–Crippen LogP) is 4.52. The number of hydrogen-bond donors (Lipinski definition) is 0. The van der Waals surface area contributed by atoms with Gasteiger partial charge in [0.25, 0.3) is 0 Å². The summed E-state index contributed by atoms with van der Waals surface area (Å²) in [6.45, 7) is 4.27. The summed E-state index contributed by atoms with van der Waals surface area (Å²) in [7, 11) is 3.37. The van der Waals surface area contributed by atoms with Crippen LogP contribution in [0.15, 0.2) is 48.5 Å². The average Bonchev–Trinajstić information content (AvgIpc) is 2.55. The SMILES string of the molecule is CCc1ccc(OC)cc1.CCc1cccc(OC)c1. The molecule has 0 N–H and O–H groups in total. The van der Waals surface area contributed by atoms with E-state index in [1.54, 1.807) is 14.2 Å². The summed E-state index contributed by atoms with van der Waals surface area (Å²) in [5.74, 6) is 1.87. The van der Waals surface area contributed by atoms with Gasteiger partial charge in [0.2, 0.25) is 0 Å². The molecule has 0 fully saturated rings. The summed E-state index contributed by atoms with van der Waals surface area (Å²) >= 11 is 0.